The minimum atomic E-state index is -0.0170. The SMILES string of the molecule is CC(C)/C(=C/c1c(Cl)ccc(Cl)c1Cl)CO. The first-order chi connectivity index (χ1) is 7.47. The number of aliphatic hydroxyl groups excluding tert-OH is 1. The van der Waals surface area contributed by atoms with Crippen LogP contribution in [0, 0.1) is 5.92 Å². The lowest BCUT2D eigenvalue weighted by Crippen LogP contribution is -1.99. The second kappa shape index (κ2) is 5.92. The Bertz CT molecular complexity index is 411. The summed E-state index contributed by atoms with van der Waals surface area (Å²) in [5.74, 6) is 0.233. The largest absolute Gasteiger partial charge is 0.392 e. The van der Waals surface area contributed by atoms with Crippen LogP contribution in [0.15, 0.2) is 17.7 Å². The molecule has 1 aromatic carbocycles. The molecule has 0 radical (unpaired) electrons. The highest BCUT2D eigenvalue weighted by atomic mass is 35.5. The summed E-state index contributed by atoms with van der Waals surface area (Å²) < 4.78 is 0. The number of rotatable bonds is 3. The van der Waals surface area contributed by atoms with Crippen molar-refractivity contribution in [2.24, 2.45) is 5.92 Å². The summed E-state index contributed by atoms with van der Waals surface area (Å²) in [7, 11) is 0. The summed E-state index contributed by atoms with van der Waals surface area (Å²) in [6.07, 6.45) is 1.79. The first-order valence-electron chi connectivity index (χ1n) is 4.92. The predicted molar refractivity (Wildman–Crippen MR) is 71.4 cm³/mol. The van der Waals surface area contributed by atoms with E-state index < -0.39 is 0 Å². The minimum absolute atomic E-state index is 0.0170. The Balaban J connectivity index is 3.28. The van der Waals surface area contributed by atoms with Gasteiger partial charge in [0, 0.05) is 10.6 Å². The van der Waals surface area contributed by atoms with E-state index in [0.717, 1.165) is 5.57 Å². The van der Waals surface area contributed by atoms with Crippen LogP contribution >= 0.6 is 34.8 Å². The zero-order valence-corrected chi connectivity index (χ0v) is 11.4. The fourth-order valence-corrected chi connectivity index (χ4v) is 1.90. The lowest BCUT2D eigenvalue weighted by molar-refractivity contribution is 0.320. The van der Waals surface area contributed by atoms with Gasteiger partial charge < -0.3 is 5.11 Å². The van der Waals surface area contributed by atoms with Gasteiger partial charge in [0.2, 0.25) is 0 Å². The fourth-order valence-electron chi connectivity index (χ4n) is 1.26. The van der Waals surface area contributed by atoms with Gasteiger partial charge in [0.05, 0.1) is 16.7 Å². The Kier molecular flexibility index (Phi) is 5.13. The molecule has 0 saturated carbocycles. The van der Waals surface area contributed by atoms with E-state index in [4.69, 9.17) is 34.8 Å². The van der Waals surface area contributed by atoms with E-state index in [2.05, 4.69) is 0 Å². The number of hydrogen-bond donors (Lipinski definition) is 1. The van der Waals surface area contributed by atoms with E-state index in [9.17, 15) is 5.11 Å². The highest BCUT2D eigenvalue weighted by Gasteiger charge is 2.10. The van der Waals surface area contributed by atoms with Gasteiger partial charge in [-0.1, -0.05) is 54.7 Å². The Morgan fingerprint density at radius 3 is 2.31 bits per heavy atom. The molecule has 0 aliphatic carbocycles. The van der Waals surface area contributed by atoms with Crippen molar-refractivity contribution in [1.29, 1.82) is 0 Å². The Hall–Kier alpha value is -0.210. The van der Waals surface area contributed by atoms with Crippen LogP contribution in [0.1, 0.15) is 19.4 Å². The maximum atomic E-state index is 9.22. The monoisotopic (exact) mass is 278 g/mol. The first kappa shape index (κ1) is 13.9. The molecule has 0 fully saturated rings. The molecule has 0 unspecified atom stereocenters. The third kappa shape index (κ3) is 3.14. The zero-order chi connectivity index (χ0) is 12.3. The number of hydrogen-bond acceptors (Lipinski definition) is 1. The van der Waals surface area contributed by atoms with Crippen LogP contribution in [0.4, 0.5) is 0 Å². The summed E-state index contributed by atoms with van der Waals surface area (Å²) in [4.78, 5) is 0. The van der Waals surface area contributed by atoms with E-state index in [1.54, 1.807) is 18.2 Å². The van der Waals surface area contributed by atoms with Crippen molar-refractivity contribution in [2.45, 2.75) is 13.8 Å². The molecule has 0 aromatic heterocycles. The van der Waals surface area contributed by atoms with Crippen LogP contribution in [-0.4, -0.2) is 11.7 Å². The molecule has 1 nitrogen and oxygen atoms in total. The number of halogens is 3. The summed E-state index contributed by atoms with van der Waals surface area (Å²) in [5.41, 5.74) is 1.53. The molecule has 4 heteroatoms. The van der Waals surface area contributed by atoms with Crippen molar-refractivity contribution in [1.82, 2.24) is 0 Å². The Labute approximate surface area is 111 Å². The maximum Gasteiger partial charge on any atom is 0.0679 e. The molecule has 0 aliphatic heterocycles. The van der Waals surface area contributed by atoms with Crippen LogP contribution in [0.2, 0.25) is 15.1 Å². The summed E-state index contributed by atoms with van der Waals surface area (Å²) in [6, 6.07) is 3.34. The van der Waals surface area contributed by atoms with Crippen LogP contribution in [-0.2, 0) is 0 Å². The fraction of sp³-hybridized carbons (Fsp3) is 0.333. The molecule has 0 bridgehead atoms. The smallest absolute Gasteiger partial charge is 0.0679 e. The van der Waals surface area contributed by atoms with Gasteiger partial charge >= 0.3 is 0 Å². The van der Waals surface area contributed by atoms with Gasteiger partial charge in [0.1, 0.15) is 0 Å². The molecular formula is C12H13Cl3O. The second-order valence-corrected chi connectivity index (χ2v) is 4.98. The third-order valence-electron chi connectivity index (χ3n) is 2.33. The zero-order valence-electron chi connectivity index (χ0n) is 9.10. The molecule has 1 aromatic rings. The van der Waals surface area contributed by atoms with E-state index in [-0.39, 0.29) is 12.5 Å². The van der Waals surface area contributed by atoms with Crippen molar-refractivity contribution >= 4 is 40.9 Å². The average Bonchev–Trinajstić information content (AvgIpc) is 2.23. The van der Waals surface area contributed by atoms with Crippen molar-refractivity contribution in [3.8, 4) is 0 Å². The van der Waals surface area contributed by atoms with Gasteiger partial charge in [-0.05, 0) is 23.6 Å². The molecule has 88 valence electrons. The van der Waals surface area contributed by atoms with Gasteiger partial charge in [-0.2, -0.15) is 0 Å². The number of benzene rings is 1. The highest BCUT2D eigenvalue weighted by molar-refractivity contribution is 6.44. The van der Waals surface area contributed by atoms with Crippen LogP contribution in [0.25, 0.3) is 6.08 Å². The molecule has 1 N–H and O–H groups in total. The van der Waals surface area contributed by atoms with Crippen LogP contribution in [0.5, 0.6) is 0 Å². The first-order valence-corrected chi connectivity index (χ1v) is 6.05. The van der Waals surface area contributed by atoms with Crippen LogP contribution < -0.4 is 0 Å². The highest BCUT2D eigenvalue weighted by Crippen LogP contribution is 2.33. The molecule has 0 spiro atoms. The second-order valence-electron chi connectivity index (χ2n) is 3.79. The quantitative estimate of drug-likeness (QED) is 0.797. The molecule has 1 rings (SSSR count). The lowest BCUT2D eigenvalue weighted by Gasteiger charge is -2.10. The van der Waals surface area contributed by atoms with E-state index >= 15 is 0 Å². The Morgan fingerprint density at radius 2 is 1.81 bits per heavy atom. The predicted octanol–water partition coefficient (Wildman–Crippen LogP) is 4.68. The van der Waals surface area contributed by atoms with Crippen molar-refractivity contribution in [3.63, 3.8) is 0 Å². The van der Waals surface area contributed by atoms with Gasteiger partial charge in [-0.15, -0.1) is 0 Å². The third-order valence-corrected chi connectivity index (χ3v) is 3.48. The molecule has 0 amide bonds. The molecule has 0 atom stereocenters. The normalized spacial score (nSPS) is 12.3. The summed E-state index contributed by atoms with van der Waals surface area (Å²) in [6.45, 7) is 3.97. The van der Waals surface area contributed by atoms with Crippen molar-refractivity contribution in [2.75, 3.05) is 6.61 Å². The maximum absolute atomic E-state index is 9.22. The lowest BCUT2D eigenvalue weighted by atomic mass is 10.0. The molecule has 0 saturated heterocycles. The molecule has 0 aliphatic rings. The Morgan fingerprint density at radius 1 is 1.25 bits per heavy atom. The molecule has 0 heterocycles. The molecule has 16 heavy (non-hydrogen) atoms. The van der Waals surface area contributed by atoms with Gasteiger partial charge in [-0.25, -0.2) is 0 Å². The summed E-state index contributed by atoms with van der Waals surface area (Å²) in [5, 5.41) is 10.6. The standard InChI is InChI=1S/C12H13Cl3O/c1-7(2)8(6-16)5-9-10(13)3-4-11(14)12(9)15/h3-5,7,16H,6H2,1-2H3/b8-5+. The van der Waals surface area contributed by atoms with Crippen molar-refractivity contribution in [3.05, 3.63) is 38.3 Å². The average molecular weight is 280 g/mol. The summed E-state index contributed by atoms with van der Waals surface area (Å²) >= 11 is 18.0. The van der Waals surface area contributed by atoms with E-state index in [1.807, 2.05) is 13.8 Å². The number of aliphatic hydroxyl groups is 1. The van der Waals surface area contributed by atoms with Gasteiger partial charge in [0.25, 0.3) is 0 Å². The van der Waals surface area contributed by atoms with Gasteiger partial charge in [0.15, 0.2) is 0 Å². The van der Waals surface area contributed by atoms with Crippen molar-refractivity contribution < 1.29 is 5.11 Å². The van der Waals surface area contributed by atoms with E-state index in [1.165, 1.54) is 0 Å². The van der Waals surface area contributed by atoms with E-state index in [0.29, 0.717) is 20.6 Å². The minimum Gasteiger partial charge on any atom is -0.392 e. The molecular weight excluding hydrogens is 266 g/mol. The van der Waals surface area contributed by atoms with Gasteiger partial charge in [-0.3, -0.25) is 0 Å². The van der Waals surface area contributed by atoms with Crippen LogP contribution in [0.3, 0.4) is 0 Å². The topological polar surface area (TPSA) is 20.2 Å².